The van der Waals surface area contributed by atoms with Crippen LogP contribution in [0.3, 0.4) is 0 Å². The van der Waals surface area contributed by atoms with Crippen LogP contribution in [0.1, 0.15) is 25.7 Å². The highest BCUT2D eigenvalue weighted by Crippen LogP contribution is 2.19. The first kappa shape index (κ1) is 13.4. The second-order valence-electron chi connectivity index (χ2n) is 4.69. The summed E-state index contributed by atoms with van der Waals surface area (Å²) in [5, 5.41) is 4.17. The molecule has 0 amide bonds. The summed E-state index contributed by atoms with van der Waals surface area (Å²) < 4.78 is 2.18. The summed E-state index contributed by atoms with van der Waals surface area (Å²) in [7, 11) is 2.08. The molecule has 0 saturated heterocycles. The van der Waals surface area contributed by atoms with Gasteiger partial charge in [0.25, 0.3) is 0 Å². The van der Waals surface area contributed by atoms with Crippen molar-refractivity contribution in [2.75, 3.05) is 12.8 Å². The Kier molecular flexibility index (Phi) is 4.30. The number of aryl methyl sites for hydroxylation is 1. The van der Waals surface area contributed by atoms with Crippen LogP contribution in [0.5, 0.6) is 0 Å². The van der Waals surface area contributed by atoms with Crippen molar-refractivity contribution in [1.29, 1.82) is 0 Å². The highest BCUT2D eigenvalue weighted by molar-refractivity contribution is 7.99. The first-order valence-corrected chi connectivity index (χ1v) is 7.59. The summed E-state index contributed by atoms with van der Waals surface area (Å²) in [6.45, 7) is 5.42. The Hall–Kier alpha value is -1.00. The standard InChI is InChI=1S/C14H21N3S/c1-10(18-4)9-15-11(2)14-16-12-7-5-6-8-13(12)17(14)3/h5-8,10-11,15H,9H2,1-4H3. The number of rotatable bonds is 5. The van der Waals surface area contributed by atoms with Gasteiger partial charge >= 0.3 is 0 Å². The van der Waals surface area contributed by atoms with E-state index in [9.17, 15) is 0 Å². The molecule has 4 heteroatoms. The van der Waals surface area contributed by atoms with Crippen LogP contribution in [-0.2, 0) is 7.05 Å². The van der Waals surface area contributed by atoms with E-state index < -0.39 is 0 Å². The van der Waals surface area contributed by atoms with E-state index in [0.29, 0.717) is 5.25 Å². The fourth-order valence-corrected chi connectivity index (χ4v) is 2.33. The monoisotopic (exact) mass is 263 g/mol. The van der Waals surface area contributed by atoms with Gasteiger partial charge in [-0.1, -0.05) is 19.1 Å². The molecule has 0 aliphatic carbocycles. The maximum absolute atomic E-state index is 4.71. The van der Waals surface area contributed by atoms with Crippen molar-refractivity contribution in [1.82, 2.24) is 14.9 Å². The van der Waals surface area contributed by atoms with E-state index in [1.54, 1.807) is 0 Å². The summed E-state index contributed by atoms with van der Waals surface area (Å²) >= 11 is 1.88. The molecule has 2 atom stereocenters. The summed E-state index contributed by atoms with van der Waals surface area (Å²) in [6, 6.07) is 8.55. The Morgan fingerprint density at radius 1 is 1.33 bits per heavy atom. The summed E-state index contributed by atoms with van der Waals surface area (Å²) in [5.41, 5.74) is 2.26. The summed E-state index contributed by atoms with van der Waals surface area (Å²) in [6.07, 6.45) is 2.14. The van der Waals surface area contributed by atoms with Crippen molar-refractivity contribution >= 4 is 22.8 Å². The van der Waals surface area contributed by atoms with Crippen molar-refractivity contribution in [3.8, 4) is 0 Å². The first-order valence-electron chi connectivity index (χ1n) is 6.31. The van der Waals surface area contributed by atoms with Gasteiger partial charge in [-0.25, -0.2) is 4.98 Å². The molecule has 2 unspecified atom stereocenters. The van der Waals surface area contributed by atoms with E-state index in [4.69, 9.17) is 4.98 Å². The predicted molar refractivity (Wildman–Crippen MR) is 80.1 cm³/mol. The van der Waals surface area contributed by atoms with E-state index in [0.717, 1.165) is 17.9 Å². The number of benzene rings is 1. The molecule has 0 saturated carbocycles. The van der Waals surface area contributed by atoms with Gasteiger partial charge < -0.3 is 9.88 Å². The van der Waals surface area contributed by atoms with E-state index >= 15 is 0 Å². The number of hydrogen-bond acceptors (Lipinski definition) is 3. The zero-order valence-corrected chi connectivity index (χ0v) is 12.3. The zero-order chi connectivity index (χ0) is 13.1. The van der Waals surface area contributed by atoms with Crippen molar-refractivity contribution < 1.29 is 0 Å². The molecule has 1 aromatic heterocycles. The normalized spacial score (nSPS) is 14.9. The molecule has 0 spiro atoms. The van der Waals surface area contributed by atoms with Crippen molar-refractivity contribution in [3.05, 3.63) is 30.1 Å². The Bertz CT molecular complexity index is 521. The molecule has 98 valence electrons. The Balaban J connectivity index is 2.17. The van der Waals surface area contributed by atoms with Gasteiger partial charge in [-0.2, -0.15) is 11.8 Å². The lowest BCUT2D eigenvalue weighted by atomic mass is 10.3. The number of nitrogens with one attached hydrogen (secondary N) is 1. The van der Waals surface area contributed by atoms with Crippen LogP contribution in [0.4, 0.5) is 0 Å². The summed E-state index contributed by atoms with van der Waals surface area (Å²) in [4.78, 5) is 4.71. The van der Waals surface area contributed by atoms with Crippen molar-refractivity contribution in [3.63, 3.8) is 0 Å². The second-order valence-corrected chi connectivity index (χ2v) is 5.97. The molecule has 0 bridgehead atoms. The van der Waals surface area contributed by atoms with Gasteiger partial charge in [-0.15, -0.1) is 0 Å². The minimum atomic E-state index is 0.275. The van der Waals surface area contributed by atoms with E-state index in [2.05, 4.69) is 55.2 Å². The smallest absolute Gasteiger partial charge is 0.126 e. The molecule has 0 aliphatic rings. The number of para-hydroxylation sites is 2. The molecule has 1 N–H and O–H groups in total. The molecule has 1 heterocycles. The van der Waals surface area contributed by atoms with Gasteiger partial charge in [0.1, 0.15) is 5.82 Å². The fraction of sp³-hybridized carbons (Fsp3) is 0.500. The third-order valence-corrected chi connectivity index (χ3v) is 4.29. The van der Waals surface area contributed by atoms with Gasteiger partial charge in [-0.05, 0) is 25.3 Å². The molecule has 0 fully saturated rings. The van der Waals surface area contributed by atoms with E-state index in [1.807, 2.05) is 17.8 Å². The number of fused-ring (bicyclic) bond motifs is 1. The van der Waals surface area contributed by atoms with Crippen LogP contribution in [-0.4, -0.2) is 27.6 Å². The Morgan fingerprint density at radius 2 is 2.06 bits per heavy atom. The van der Waals surface area contributed by atoms with Crippen LogP contribution in [0.2, 0.25) is 0 Å². The lowest BCUT2D eigenvalue weighted by molar-refractivity contribution is 0.536. The number of aromatic nitrogens is 2. The number of thioether (sulfide) groups is 1. The van der Waals surface area contributed by atoms with E-state index in [-0.39, 0.29) is 6.04 Å². The second kappa shape index (κ2) is 5.76. The Morgan fingerprint density at radius 3 is 2.72 bits per heavy atom. The largest absolute Gasteiger partial charge is 0.330 e. The highest BCUT2D eigenvalue weighted by Gasteiger charge is 2.14. The van der Waals surface area contributed by atoms with Gasteiger partial charge in [0.2, 0.25) is 0 Å². The van der Waals surface area contributed by atoms with Crippen LogP contribution < -0.4 is 5.32 Å². The SMILES string of the molecule is CSC(C)CNC(C)c1nc2ccccc2n1C. The molecule has 2 rings (SSSR count). The van der Waals surface area contributed by atoms with Crippen molar-refractivity contribution in [2.24, 2.45) is 7.05 Å². The zero-order valence-electron chi connectivity index (χ0n) is 11.5. The number of nitrogens with zero attached hydrogens (tertiary/aromatic N) is 2. The number of hydrogen-bond donors (Lipinski definition) is 1. The van der Waals surface area contributed by atoms with Gasteiger partial charge in [0.05, 0.1) is 17.1 Å². The fourth-order valence-electron chi connectivity index (χ4n) is 2.07. The van der Waals surface area contributed by atoms with Gasteiger partial charge in [-0.3, -0.25) is 0 Å². The molecule has 18 heavy (non-hydrogen) atoms. The van der Waals surface area contributed by atoms with Crippen LogP contribution in [0.15, 0.2) is 24.3 Å². The minimum Gasteiger partial charge on any atom is -0.330 e. The number of imidazole rings is 1. The van der Waals surface area contributed by atoms with E-state index in [1.165, 1.54) is 5.52 Å². The molecule has 0 aliphatic heterocycles. The van der Waals surface area contributed by atoms with Crippen LogP contribution in [0, 0.1) is 0 Å². The average molecular weight is 263 g/mol. The topological polar surface area (TPSA) is 29.9 Å². The van der Waals surface area contributed by atoms with Crippen molar-refractivity contribution in [2.45, 2.75) is 25.1 Å². The lowest BCUT2D eigenvalue weighted by Crippen LogP contribution is -2.27. The van der Waals surface area contributed by atoms with Gasteiger partial charge in [0, 0.05) is 18.8 Å². The summed E-state index contributed by atoms with van der Waals surface area (Å²) in [5.74, 6) is 1.10. The first-order chi connectivity index (χ1) is 8.63. The molecule has 3 nitrogen and oxygen atoms in total. The molecular formula is C14H21N3S. The molecule has 2 aromatic rings. The van der Waals surface area contributed by atoms with Crippen LogP contribution >= 0.6 is 11.8 Å². The average Bonchev–Trinajstić information content (AvgIpc) is 2.73. The quantitative estimate of drug-likeness (QED) is 0.899. The van der Waals surface area contributed by atoms with Gasteiger partial charge in [0.15, 0.2) is 0 Å². The molecule has 0 radical (unpaired) electrons. The maximum Gasteiger partial charge on any atom is 0.126 e. The van der Waals surface area contributed by atoms with Crippen LogP contribution in [0.25, 0.3) is 11.0 Å². The molecule has 1 aromatic carbocycles. The predicted octanol–water partition coefficient (Wildman–Crippen LogP) is 2.98. The molecular weight excluding hydrogens is 242 g/mol. The minimum absolute atomic E-state index is 0.275. The highest BCUT2D eigenvalue weighted by atomic mass is 32.2. The third-order valence-electron chi connectivity index (χ3n) is 3.32. The Labute approximate surface area is 113 Å². The lowest BCUT2D eigenvalue weighted by Gasteiger charge is -2.16. The maximum atomic E-state index is 4.71. The third kappa shape index (κ3) is 2.70.